The molecular weight excluding hydrogens is 222 g/mol. The molecular formula is C12H17NO2S. The number of ether oxygens (including phenoxy) is 1. The summed E-state index contributed by atoms with van der Waals surface area (Å²) in [4.78, 5) is 16.9. The van der Waals surface area contributed by atoms with Crippen molar-refractivity contribution in [2.45, 2.75) is 39.0 Å². The molecule has 1 aromatic rings. The lowest BCUT2D eigenvalue weighted by atomic mass is 10.1. The summed E-state index contributed by atoms with van der Waals surface area (Å²) in [6.07, 6.45) is 3.68. The molecule has 3 nitrogen and oxygen atoms in total. The molecule has 1 aliphatic rings. The molecule has 2 unspecified atom stereocenters. The molecule has 4 heteroatoms. The number of aryl methyl sites for hydroxylation is 1. The van der Waals surface area contributed by atoms with Crippen molar-refractivity contribution in [3.63, 3.8) is 0 Å². The fourth-order valence-electron chi connectivity index (χ4n) is 2.31. The molecule has 0 spiro atoms. The number of hydrogen-bond acceptors (Lipinski definition) is 4. The summed E-state index contributed by atoms with van der Waals surface area (Å²) in [5.41, 5.74) is 0.502. The zero-order chi connectivity index (χ0) is 11.7. The zero-order valence-corrected chi connectivity index (χ0v) is 10.8. The minimum absolute atomic E-state index is 0.314. The number of carbonyl (C=O) groups is 1. The third-order valence-corrected chi connectivity index (χ3v) is 4.37. The molecule has 0 bridgehead atoms. The van der Waals surface area contributed by atoms with E-state index in [1.165, 1.54) is 26.4 Å². The van der Waals surface area contributed by atoms with Crippen LogP contribution >= 0.6 is 11.3 Å². The Morgan fingerprint density at radius 3 is 2.81 bits per heavy atom. The Balaban J connectivity index is 2.20. The average molecular weight is 239 g/mol. The maximum atomic E-state index is 11.4. The second-order valence-electron chi connectivity index (χ2n) is 4.56. The third-order valence-electron chi connectivity index (χ3n) is 3.24. The Bertz CT molecular complexity index is 400. The van der Waals surface area contributed by atoms with Gasteiger partial charge in [-0.1, -0.05) is 13.3 Å². The van der Waals surface area contributed by atoms with E-state index in [1.54, 1.807) is 11.3 Å². The molecule has 0 N–H and O–H groups in total. The largest absolute Gasteiger partial charge is 0.464 e. The van der Waals surface area contributed by atoms with Gasteiger partial charge in [0.25, 0.3) is 0 Å². The first-order chi connectivity index (χ1) is 7.61. The molecule has 16 heavy (non-hydrogen) atoms. The second kappa shape index (κ2) is 4.53. The molecule has 0 saturated heterocycles. The normalized spacial score (nSPS) is 24.7. The quantitative estimate of drug-likeness (QED) is 0.744. The first kappa shape index (κ1) is 11.6. The number of carbonyl (C=O) groups excluding carboxylic acids is 1. The standard InChI is InChI=1S/C12H17NO2S/c1-7-4-5-9(6-7)11-13-10(8(2)16-11)12(14)15-3/h7,9H,4-6H2,1-3H3. The van der Waals surface area contributed by atoms with Crippen LogP contribution in [0.25, 0.3) is 0 Å². The van der Waals surface area contributed by atoms with Gasteiger partial charge < -0.3 is 4.74 Å². The molecule has 1 saturated carbocycles. The molecule has 1 heterocycles. The lowest BCUT2D eigenvalue weighted by molar-refractivity contribution is 0.0594. The molecule has 0 aliphatic heterocycles. The highest BCUT2D eigenvalue weighted by Crippen LogP contribution is 2.40. The Morgan fingerprint density at radius 2 is 2.25 bits per heavy atom. The van der Waals surface area contributed by atoms with E-state index >= 15 is 0 Å². The minimum atomic E-state index is -0.314. The highest BCUT2D eigenvalue weighted by Gasteiger charge is 2.27. The molecule has 88 valence electrons. The van der Waals surface area contributed by atoms with Crippen LogP contribution in [0.2, 0.25) is 0 Å². The number of esters is 1. The second-order valence-corrected chi connectivity index (χ2v) is 5.80. The van der Waals surface area contributed by atoms with Gasteiger partial charge in [0.1, 0.15) is 0 Å². The van der Waals surface area contributed by atoms with Crippen molar-refractivity contribution in [1.82, 2.24) is 4.98 Å². The van der Waals surface area contributed by atoms with Crippen LogP contribution in [0.5, 0.6) is 0 Å². The Labute approximate surface area is 99.8 Å². The topological polar surface area (TPSA) is 39.2 Å². The molecule has 1 fully saturated rings. The van der Waals surface area contributed by atoms with E-state index in [4.69, 9.17) is 4.74 Å². The lowest BCUT2D eigenvalue weighted by Gasteiger charge is -2.03. The van der Waals surface area contributed by atoms with Crippen molar-refractivity contribution < 1.29 is 9.53 Å². The van der Waals surface area contributed by atoms with Gasteiger partial charge in [-0.15, -0.1) is 11.3 Å². The smallest absolute Gasteiger partial charge is 0.357 e. The van der Waals surface area contributed by atoms with Gasteiger partial charge in [-0.3, -0.25) is 0 Å². The number of rotatable bonds is 2. The third kappa shape index (κ3) is 2.12. The van der Waals surface area contributed by atoms with Crippen LogP contribution < -0.4 is 0 Å². The van der Waals surface area contributed by atoms with Crippen molar-refractivity contribution >= 4 is 17.3 Å². The fraction of sp³-hybridized carbons (Fsp3) is 0.667. The van der Waals surface area contributed by atoms with Crippen LogP contribution in [0.3, 0.4) is 0 Å². The predicted octanol–water partition coefficient (Wildman–Crippen LogP) is 3.14. The summed E-state index contributed by atoms with van der Waals surface area (Å²) in [6, 6.07) is 0. The van der Waals surface area contributed by atoms with Crippen molar-refractivity contribution in [3.05, 3.63) is 15.6 Å². The highest BCUT2D eigenvalue weighted by atomic mass is 32.1. The van der Waals surface area contributed by atoms with Gasteiger partial charge in [-0.25, -0.2) is 9.78 Å². The van der Waals surface area contributed by atoms with Crippen LogP contribution in [0.1, 0.15) is 52.5 Å². The summed E-state index contributed by atoms with van der Waals surface area (Å²) < 4.78 is 4.72. The molecule has 1 aliphatic carbocycles. The molecule has 0 amide bonds. The Morgan fingerprint density at radius 1 is 1.50 bits per heavy atom. The van der Waals surface area contributed by atoms with Crippen LogP contribution in [-0.2, 0) is 4.74 Å². The minimum Gasteiger partial charge on any atom is -0.464 e. The Kier molecular flexibility index (Phi) is 3.28. The van der Waals surface area contributed by atoms with Gasteiger partial charge >= 0.3 is 5.97 Å². The van der Waals surface area contributed by atoms with Gasteiger partial charge in [-0.05, 0) is 25.7 Å². The summed E-state index contributed by atoms with van der Waals surface area (Å²) in [7, 11) is 1.40. The maximum Gasteiger partial charge on any atom is 0.357 e. The van der Waals surface area contributed by atoms with Gasteiger partial charge in [0.2, 0.25) is 0 Å². The van der Waals surface area contributed by atoms with Crippen LogP contribution in [-0.4, -0.2) is 18.1 Å². The van der Waals surface area contributed by atoms with E-state index in [1.807, 2.05) is 6.92 Å². The first-order valence-corrected chi connectivity index (χ1v) is 6.49. The lowest BCUT2D eigenvalue weighted by Crippen LogP contribution is -2.04. The van der Waals surface area contributed by atoms with Crippen LogP contribution in [0, 0.1) is 12.8 Å². The molecule has 2 rings (SSSR count). The fourth-order valence-corrected chi connectivity index (χ4v) is 3.37. The van der Waals surface area contributed by atoms with Gasteiger partial charge in [0.15, 0.2) is 5.69 Å². The summed E-state index contributed by atoms with van der Waals surface area (Å²) in [5, 5.41) is 1.11. The first-order valence-electron chi connectivity index (χ1n) is 5.67. The van der Waals surface area contributed by atoms with E-state index in [9.17, 15) is 4.79 Å². The molecule has 2 atom stereocenters. The van der Waals surface area contributed by atoms with Crippen LogP contribution in [0.4, 0.5) is 0 Å². The zero-order valence-electron chi connectivity index (χ0n) is 9.95. The summed E-state index contributed by atoms with van der Waals surface area (Å²) in [6.45, 7) is 4.22. The number of nitrogens with zero attached hydrogens (tertiary/aromatic N) is 1. The number of aromatic nitrogens is 1. The molecule has 0 aromatic carbocycles. The predicted molar refractivity (Wildman–Crippen MR) is 63.9 cm³/mol. The van der Waals surface area contributed by atoms with E-state index < -0.39 is 0 Å². The SMILES string of the molecule is COC(=O)c1nc(C2CCC(C)C2)sc1C. The van der Waals surface area contributed by atoms with Crippen molar-refractivity contribution in [1.29, 1.82) is 0 Å². The Hall–Kier alpha value is -0.900. The summed E-state index contributed by atoms with van der Waals surface area (Å²) in [5.74, 6) is 1.03. The van der Waals surface area contributed by atoms with E-state index in [0.717, 1.165) is 15.8 Å². The number of methoxy groups -OCH3 is 1. The monoisotopic (exact) mass is 239 g/mol. The number of hydrogen-bond donors (Lipinski definition) is 0. The molecule has 1 aromatic heterocycles. The van der Waals surface area contributed by atoms with Gasteiger partial charge in [-0.2, -0.15) is 0 Å². The van der Waals surface area contributed by atoms with Gasteiger partial charge in [0.05, 0.1) is 12.1 Å². The van der Waals surface area contributed by atoms with Crippen molar-refractivity contribution in [3.8, 4) is 0 Å². The molecule has 0 radical (unpaired) electrons. The maximum absolute atomic E-state index is 11.4. The van der Waals surface area contributed by atoms with Crippen molar-refractivity contribution in [2.24, 2.45) is 5.92 Å². The highest BCUT2D eigenvalue weighted by molar-refractivity contribution is 7.12. The number of thiazole rings is 1. The van der Waals surface area contributed by atoms with E-state index in [2.05, 4.69) is 11.9 Å². The van der Waals surface area contributed by atoms with Gasteiger partial charge in [0, 0.05) is 10.8 Å². The van der Waals surface area contributed by atoms with E-state index in [0.29, 0.717) is 11.6 Å². The average Bonchev–Trinajstić information content (AvgIpc) is 2.83. The van der Waals surface area contributed by atoms with Crippen molar-refractivity contribution in [2.75, 3.05) is 7.11 Å². The van der Waals surface area contributed by atoms with E-state index in [-0.39, 0.29) is 5.97 Å². The summed E-state index contributed by atoms with van der Waals surface area (Å²) >= 11 is 1.65. The van der Waals surface area contributed by atoms with Crippen LogP contribution in [0.15, 0.2) is 0 Å².